The Bertz CT molecular complexity index is 430. The number of esters is 2. The van der Waals surface area contributed by atoms with Gasteiger partial charge in [0, 0.05) is 11.5 Å². The van der Waals surface area contributed by atoms with Gasteiger partial charge in [-0.15, -0.1) is 0 Å². The van der Waals surface area contributed by atoms with Gasteiger partial charge >= 0.3 is 11.9 Å². The summed E-state index contributed by atoms with van der Waals surface area (Å²) in [5.41, 5.74) is 0.382. The highest BCUT2D eigenvalue weighted by atomic mass is 16.6. The first-order valence-corrected chi connectivity index (χ1v) is 6.72. The number of ether oxygens (including phenoxy) is 3. The van der Waals surface area contributed by atoms with Gasteiger partial charge in [0.15, 0.2) is 0 Å². The van der Waals surface area contributed by atoms with Gasteiger partial charge in [-0.3, -0.25) is 4.79 Å². The van der Waals surface area contributed by atoms with E-state index in [-0.39, 0.29) is 30.7 Å². The van der Waals surface area contributed by atoms with Crippen molar-refractivity contribution in [1.82, 2.24) is 0 Å². The van der Waals surface area contributed by atoms with Crippen LogP contribution in [-0.2, 0) is 23.8 Å². The third-order valence-corrected chi connectivity index (χ3v) is 4.39. The van der Waals surface area contributed by atoms with Gasteiger partial charge < -0.3 is 14.2 Å². The topological polar surface area (TPSA) is 61.8 Å². The summed E-state index contributed by atoms with van der Waals surface area (Å²) in [4.78, 5) is 22.8. The van der Waals surface area contributed by atoms with Crippen LogP contribution in [0.2, 0.25) is 0 Å². The van der Waals surface area contributed by atoms with Gasteiger partial charge in [0.2, 0.25) is 0 Å². The highest BCUT2D eigenvalue weighted by molar-refractivity contribution is 5.86. The largest absolute Gasteiger partial charge is 0.460 e. The van der Waals surface area contributed by atoms with Gasteiger partial charge in [-0.2, -0.15) is 0 Å². The fraction of sp³-hybridized carbons (Fsp3) is 0.714. The monoisotopic (exact) mass is 266 g/mol. The second kappa shape index (κ2) is 4.63. The first-order valence-electron chi connectivity index (χ1n) is 6.72. The molecule has 2 saturated carbocycles. The Morgan fingerprint density at radius 1 is 1.42 bits per heavy atom. The molecule has 0 N–H and O–H groups in total. The van der Waals surface area contributed by atoms with Crippen molar-refractivity contribution in [1.29, 1.82) is 0 Å². The van der Waals surface area contributed by atoms with E-state index in [1.807, 2.05) is 0 Å². The molecule has 0 amide bonds. The normalized spacial score (nSPS) is 38.4. The Kier molecular flexibility index (Phi) is 3.09. The molecule has 1 aliphatic heterocycles. The maximum Gasteiger partial charge on any atom is 0.333 e. The van der Waals surface area contributed by atoms with Crippen LogP contribution in [0.1, 0.15) is 19.8 Å². The molecule has 0 radical (unpaired) electrons. The van der Waals surface area contributed by atoms with Gasteiger partial charge in [-0.25, -0.2) is 4.79 Å². The summed E-state index contributed by atoms with van der Waals surface area (Å²) in [6, 6.07) is 0. The zero-order chi connectivity index (χ0) is 13.6. The van der Waals surface area contributed by atoms with Crippen LogP contribution in [0.25, 0.3) is 0 Å². The van der Waals surface area contributed by atoms with Crippen LogP contribution in [0.5, 0.6) is 0 Å². The fourth-order valence-corrected chi connectivity index (χ4v) is 3.57. The Morgan fingerprint density at radius 3 is 2.95 bits per heavy atom. The Hall–Kier alpha value is -1.36. The highest BCUT2D eigenvalue weighted by Crippen LogP contribution is 2.55. The molecule has 4 unspecified atom stereocenters. The van der Waals surface area contributed by atoms with Crippen LogP contribution in [0.3, 0.4) is 0 Å². The molecule has 2 aliphatic carbocycles. The van der Waals surface area contributed by atoms with E-state index in [1.165, 1.54) is 0 Å². The average Bonchev–Trinajstić information content (AvgIpc) is 2.97. The Labute approximate surface area is 111 Å². The molecule has 1 saturated heterocycles. The van der Waals surface area contributed by atoms with Crippen molar-refractivity contribution in [2.24, 2.45) is 17.8 Å². The minimum atomic E-state index is -0.399. The molecule has 104 valence electrons. The quantitative estimate of drug-likeness (QED) is 0.423. The van der Waals surface area contributed by atoms with Crippen molar-refractivity contribution in [3.8, 4) is 0 Å². The van der Waals surface area contributed by atoms with Crippen LogP contribution in [0.15, 0.2) is 12.2 Å². The van der Waals surface area contributed by atoms with Crippen molar-refractivity contribution in [2.75, 3.05) is 13.2 Å². The SMILES string of the molecule is C=C(C)C(=O)OCCOC1C2CC3C(=O)O[C@@H]1C3C2. The molecule has 5 nitrogen and oxygen atoms in total. The molecule has 0 aromatic rings. The summed E-state index contributed by atoms with van der Waals surface area (Å²) >= 11 is 0. The smallest absolute Gasteiger partial charge is 0.333 e. The number of carbonyl (C=O) groups is 2. The molecule has 0 spiro atoms. The fourth-order valence-electron chi connectivity index (χ4n) is 3.57. The third kappa shape index (κ3) is 2.06. The minimum absolute atomic E-state index is 0.0174. The Balaban J connectivity index is 1.46. The summed E-state index contributed by atoms with van der Waals surface area (Å²) in [5.74, 6) is 0.418. The lowest BCUT2D eigenvalue weighted by Crippen LogP contribution is -2.35. The van der Waals surface area contributed by atoms with Crippen LogP contribution in [0, 0.1) is 17.8 Å². The number of carbonyl (C=O) groups excluding carboxylic acids is 2. The molecular formula is C14H18O5. The molecular weight excluding hydrogens is 248 g/mol. The lowest BCUT2D eigenvalue weighted by Gasteiger charge is -2.25. The number of hydrogen-bond donors (Lipinski definition) is 0. The molecule has 0 aromatic carbocycles. The average molecular weight is 266 g/mol. The maximum absolute atomic E-state index is 11.6. The lowest BCUT2D eigenvalue weighted by atomic mass is 9.88. The molecule has 19 heavy (non-hydrogen) atoms. The van der Waals surface area contributed by atoms with Gasteiger partial charge in [0.05, 0.1) is 18.6 Å². The predicted molar refractivity (Wildman–Crippen MR) is 65.1 cm³/mol. The van der Waals surface area contributed by atoms with E-state index in [4.69, 9.17) is 14.2 Å². The second-order valence-corrected chi connectivity index (χ2v) is 5.65. The maximum atomic E-state index is 11.6. The number of fused-ring (bicyclic) bond motifs is 1. The zero-order valence-corrected chi connectivity index (χ0v) is 11.0. The van der Waals surface area contributed by atoms with E-state index in [0.29, 0.717) is 24.0 Å². The van der Waals surface area contributed by atoms with E-state index < -0.39 is 5.97 Å². The summed E-state index contributed by atoms with van der Waals surface area (Å²) in [6.07, 6.45) is 1.82. The van der Waals surface area contributed by atoms with Crippen LogP contribution in [0.4, 0.5) is 0 Å². The predicted octanol–water partition coefficient (Wildman–Crippen LogP) is 1.07. The molecule has 2 bridgehead atoms. The standard InChI is InChI=1S/C14H18O5/c1-7(2)13(15)18-4-3-17-11-8-5-9-10(6-8)14(16)19-12(9)11/h8-12H,1,3-6H2,2H3/t8?,9?,10?,11?,12-/m1/s1. The molecule has 3 fully saturated rings. The van der Waals surface area contributed by atoms with Crippen molar-refractivity contribution >= 4 is 11.9 Å². The first-order chi connectivity index (χ1) is 9.08. The van der Waals surface area contributed by atoms with Gasteiger partial charge in [-0.05, 0) is 25.7 Å². The molecule has 3 rings (SSSR count). The molecule has 0 aromatic heterocycles. The summed E-state index contributed by atoms with van der Waals surface area (Å²) in [6.45, 7) is 5.67. The summed E-state index contributed by atoms with van der Waals surface area (Å²) < 4.78 is 16.1. The molecule has 1 heterocycles. The lowest BCUT2D eigenvalue weighted by molar-refractivity contribution is -0.148. The Morgan fingerprint density at radius 2 is 2.21 bits per heavy atom. The van der Waals surface area contributed by atoms with Crippen molar-refractivity contribution < 1.29 is 23.8 Å². The summed E-state index contributed by atoms with van der Waals surface area (Å²) in [7, 11) is 0. The van der Waals surface area contributed by atoms with E-state index in [9.17, 15) is 9.59 Å². The van der Waals surface area contributed by atoms with Crippen molar-refractivity contribution in [3.05, 3.63) is 12.2 Å². The van der Waals surface area contributed by atoms with Crippen LogP contribution >= 0.6 is 0 Å². The molecule has 5 atom stereocenters. The first kappa shape index (κ1) is 12.7. The van der Waals surface area contributed by atoms with E-state index >= 15 is 0 Å². The van der Waals surface area contributed by atoms with Gasteiger partial charge in [0.1, 0.15) is 12.7 Å². The van der Waals surface area contributed by atoms with E-state index in [2.05, 4.69) is 6.58 Å². The zero-order valence-electron chi connectivity index (χ0n) is 11.0. The van der Waals surface area contributed by atoms with Gasteiger partial charge in [-0.1, -0.05) is 6.58 Å². The number of hydrogen-bond acceptors (Lipinski definition) is 5. The van der Waals surface area contributed by atoms with Gasteiger partial charge in [0.25, 0.3) is 0 Å². The van der Waals surface area contributed by atoms with Crippen LogP contribution in [-0.4, -0.2) is 37.4 Å². The van der Waals surface area contributed by atoms with Crippen molar-refractivity contribution in [3.63, 3.8) is 0 Å². The molecule has 5 heteroatoms. The third-order valence-electron chi connectivity index (χ3n) is 4.39. The highest BCUT2D eigenvalue weighted by Gasteiger charge is 2.62. The number of rotatable bonds is 5. The van der Waals surface area contributed by atoms with Crippen molar-refractivity contribution in [2.45, 2.75) is 32.0 Å². The second-order valence-electron chi connectivity index (χ2n) is 5.65. The van der Waals surface area contributed by atoms with Crippen LogP contribution < -0.4 is 0 Å². The minimum Gasteiger partial charge on any atom is -0.460 e. The molecule has 3 aliphatic rings. The van der Waals surface area contributed by atoms with E-state index in [1.54, 1.807) is 6.92 Å². The van der Waals surface area contributed by atoms with E-state index in [0.717, 1.165) is 12.8 Å². The summed E-state index contributed by atoms with van der Waals surface area (Å²) in [5, 5.41) is 0.